The van der Waals surface area contributed by atoms with Crippen molar-refractivity contribution in [3.05, 3.63) is 53.5 Å². The lowest BCUT2D eigenvalue weighted by Gasteiger charge is -2.16. The molecular formula is C20H27N3O3. The van der Waals surface area contributed by atoms with Crippen molar-refractivity contribution in [1.82, 2.24) is 10.6 Å². The molecule has 3 rings (SSSR count). The molecule has 1 fully saturated rings. The number of guanidine groups is 1. The summed E-state index contributed by atoms with van der Waals surface area (Å²) in [6.07, 6.45) is 2.73. The van der Waals surface area contributed by atoms with Crippen LogP contribution >= 0.6 is 0 Å². The normalized spacial score (nSPS) is 17.3. The van der Waals surface area contributed by atoms with E-state index in [2.05, 4.69) is 40.7 Å². The lowest BCUT2D eigenvalue weighted by Crippen LogP contribution is -2.36. The number of aryl methyl sites for hydroxylation is 1. The van der Waals surface area contributed by atoms with Crippen molar-refractivity contribution in [2.24, 2.45) is 4.99 Å². The monoisotopic (exact) mass is 357 g/mol. The van der Waals surface area contributed by atoms with Gasteiger partial charge in [-0.2, -0.15) is 0 Å². The van der Waals surface area contributed by atoms with Crippen LogP contribution in [0.4, 0.5) is 0 Å². The lowest BCUT2D eigenvalue weighted by molar-refractivity contribution is 0.140. The third kappa shape index (κ3) is 5.26. The standard InChI is InChI=1S/C20H27N3O3/c1-3-21-20(23-13-17-5-4-9-25-17)22-12-16-7-6-15(2)11-19(16)26-18-8-10-24-14-18/h4-7,9,11,18H,3,8,10,12-14H2,1-2H3,(H2,21,22,23). The second kappa shape index (κ2) is 9.29. The minimum absolute atomic E-state index is 0.129. The highest BCUT2D eigenvalue weighted by atomic mass is 16.5. The van der Waals surface area contributed by atoms with Crippen molar-refractivity contribution in [1.29, 1.82) is 0 Å². The van der Waals surface area contributed by atoms with Gasteiger partial charge in [-0.25, -0.2) is 4.99 Å². The Labute approximate surface area is 154 Å². The van der Waals surface area contributed by atoms with Gasteiger partial charge in [-0.15, -0.1) is 0 Å². The molecule has 1 aliphatic heterocycles. The first-order valence-electron chi connectivity index (χ1n) is 9.13. The average Bonchev–Trinajstić information content (AvgIpc) is 3.32. The number of furan rings is 1. The summed E-state index contributed by atoms with van der Waals surface area (Å²) in [6, 6.07) is 10.1. The van der Waals surface area contributed by atoms with E-state index in [0.29, 0.717) is 19.7 Å². The highest BCUT2D eigenvalue weighted by molar-refractivity contribution is 5.79. The highest BCUT2D eigenvalue weighted by Crippen LogP contribution is 2.24. The molecule has 1 aromatic carbocycles. The van der Waals surface area contributed by atoms with Gasteiger partial charge in [0.2, 0.25) is 0 Å². The topological polar surface area (TPSA) is 68.0 Å². The summed E-state index contributed by atoms with van der Waals surface area (Å²) < 4.78 is 16.9. The summed E-state index contributed by atoms with van der Waals surface area (Å²) in [5, 5.41) is 6.54. The molecule has 0 amide bonds. The van der Waals surface area contributed by atoms with E-state index in [4.69, 9.17) is 13.9 Å². The molecule has 0 spiro atoms. The van der Waals surface area contributed by atoms with Crippen molar-refractivity contribution in [3.8, 4) is 5.75 Å². The van der Waals surface area contributed by atoms with Gasteiger partial charge in [-0.1, -0.05) is 12.1 Å². The van der Waals surface area contributed by atoms with Crippen LogP contribution in [0.5, 0.6) is 5.75 Å². The van der Waals surface area contributed by atoms with E-state index < -0.39 is 0 Å². The molecule has 6 heteroatoms. The van der Waals surface area contributed by atoms with E-state index >= 15 is 0 Å². The number of aliphatic imine (C=N–C) groups is 1. The van der Waals surface area contributed by atoms with Crippen LogP contribution in [0.15, 0.2) is 46.0 Å². The van der Waals surface area contributed by atoms with Crippen LogP contribution in [0.25, 0.3) is 0 Å². The Morgan fingerprint density at radius 1 is 1.31 bits per heavy atom. The SMILES string of the molecule is CCNC(=NCc1ccc(C)cc1OC1CCOC1)NCc1ccco1. The Morgan fingerprint density at radius 2 is 2.23 bits per heavy atom. The summed E-state index contributed by atoms with van der Waals surface area (Å²) >= 11 is 0. The molecule has 6 nitrogen and oxygen atoms in total. The predicted octanol–water partition coefficient (Wildman–Crippen LogP) is 3.01. The molecular weight excluding hydrogens is 330 g/mol. The van der Waals surface area contributed by atoms with Crippen molar-refractivity contribution >= 4 is 5.96 Å². The molecule has 26 heavy (non-hydrogen) atoms. The Kier molecular flexibility index (Phi) is 6.55. The van der Waals surface area contributed by atoms with Gasteiger partial charge in [-0.05, 0) is 37.6 Å². The number of benzene rings is 1. The molecule has 1 aromatic heterocycles. The van der Waals surface area contributed by atoms with E-state index in [1.54, 1.807) is 6.26 Å². The minimum atomic E-state index is 0.129. The summed E-state index contributed by atoms with van der Waals surface area (Å²) in [7, 11) is 0. The first kappa shape index (κ1) is 18.3. The third-order valence-corrected chi connectivity index (χ3v) is 4.17. The largest absolute Gasteiger partial charge is 0.488 e. The van der Waals surface area contributed by atoms with Crippen LogP contribution in [-0.2, 0) is 17.8 Å². The van der Waals surface area contributed by atoms with Crippen molar-refractivity contribution in [2.45, 2.75) is 39.5 Å². The number of ether oxygens (including phenoxy) is 2. The molecule has 0 radical (unpaired) electrons. The van der Waals surface area contributed by atoms with Gasteiger partial charge in [0.05, 0.1) is 32.6 Å². The van der Waals surface area contributed by atoms with Crippen LogP contribution in [0.3, 0.4) is 0 Å². The molecule has 1 saturated heterocycles. The van der Waals surface area contributed by atoms with E-state index in [1.165, 1.54) is 5.56 Å². The summed E-state index contributed by atoms with van der Waals surface area (Å²) in [5.41, 5.74) is 2.24. The molecule has 0 bridgehead atoms. The minimum Gasteiger partial charge on any atom is -0.488 e. The fourth-order valence-corrected chi connectivity index (χ4v) is 2.78. The molecule has 1 unspecified atom stereocenters. The number of nitrogens with zero attached hydrogens (tertiary/aromatic N) is 1. The number of hydrogen-bond donors (Lipinski definition) is 2. The second-order valence-corrected chi connectivity index (χ2v) is 6.34. The van der Waals surface area contributed by atoms with Crippen molar-refractivity contribution in [3.63, 3.8) is 0 Å². The molecule has 2 heterocycles. The zero-order valence-corrected chi connectivity index (χ0v) is 15.5. The predicted molar refractivity (Wildman–Crippen MR) is 101 cm³/mol. The Bertz CT molecular complexity index is 707. The second-order valence-electron chi connectivity index (χ2n) is 6.34. The lowest BCUT2D eigenvalue weighted by atomic mass is 10.1. The quantitative estimate of drug-likeness (QED) is 0.589. The zero-order chi connectivity index (χ0) is 18.2. The number of nitrogens with one attached hydrogen (secondary N) is 2. The maximum Gasteiger partial charge on any atom is 0.191 e. The summed E-state index contributed by atoms with van der Waals surface area (Å²) in [4.78, 5) is 4.69. The van der Waals surface area contributed by atoms with Gasteiger partial charge in [0, 0.05) is 18.5 Å². The third-order valence-electron chi connectivity index (χ3n) is 4.17. The molecule has 2 N–H and O–H groups in total. The van der Waals surface area contributed by atoms with E-state index in [9.17, 15) is 0 Å². The smallest absolute Gasteiger partial charge is 0.191 e. The van der Waals surface area contributed by atoms with E-state index in [0.717, 1.165) is 42.6 Å². The molecule has 140 valence electrons. The maximum absolute atomic E-state index is 6.15. The fraction of sp³-hybridized carbons (Fsp3) is 0.450. The van der Waals surface area contributed by atoms with Crippen LogP contribution in [0.2, 0.25) is 0 Å². The maximum atomic E-state index is 6.15. The van der Waals surface area contributed by atoms with Gasteiger partial charge in [0.25, 0.3) is 0 Å². The van der Waals surface area contributed by atoms with Crippen LogP contribution in [0.1, 0.15) is 30.2 Å². The van der Waals surface area contributed by atoms with Gasteiger partial charge in [0.1, 0.15) is 17.6 Å². The first-order chi connectivity index (χ1) is 12.7. The number of rotatable bonds is 7. The number of hydrogen-bond acceptors (Lipinski definition) is 4. The average molecular weight is 357 g/mol. The fourth-order valence-electron chi connectivity index (χ4n) is 2.78. The first-order valence-corrected chi connectivity index (χ1v) is 9.13. The Hall–Kier alpha value is -2.47. The molecule has 0 saturated carbocycles. The van der Waals surface area contributed by atoms with Crippen LogP contribution in [0, 0.1) is 6.92 Å². The van der Waals surface area contributed by atoms with Gasteiger partial charge < -0.3 is 24.5 Å². The van der Waals surface area contributed by atoms with E-state index in [1.807, 2.05) is 19.1 Å². The highest BCUT2D eigenvalue weighted by Gasteiger charge is 2.18. The van der Waals surface area contributed by atoms with Gasteiger partial charge in [0.15, 0.2) is 5.96 Å². The van der Waals surface area contributed by atoms with Crippen LogP contribution < -0.4 is 15.4 Å². The van der Waals surface area contributed by atoms with Gasteiger partial charge >= 0.3 is 0 Å². The van der Waals surface area contributed by atoms with Crippen molar-refractivity contribution in [2.75, 3.05) is 19.8 Å². The zero-order valence-electron chi connectivity index (χ0n) is 15.5. The van der Waals surface area contributed by atoms with E-state index in [-0.39, 0.29) is 6.10 Å². The van der Waals surface area contributed by atoms with Crippen LogP contribution in [-0.4, -0.2) is 31.8 Å². The van der Waals surface area contributed by atoms with Crippen molar-refractivity contribution < 1.29 is 13.9 Å². The Morgan fingerprint density at radius 3 is 2.96 bits per heavy atom. The molecule has 2 aromatic rings. The summed E-state index contributed by atoms with van der Waals surface area (Å²) in [5.74, 6) is 2.52. The summed E-state index contributed by atoms with van der Waals surface area (Å²) in [6.45, 7) is 7.46. The molecule has 1 aliphatic rings. The molecule has 0 aliphatic carbocycles. The van der Waals surface area contributed by atoms with Gasteiger partial charge in [-0.3, -0.25) is 0 Å². The molecule has 1 atom stereocenters. The Balaban J connectivity index is 1.67.